The maximum absolute atomic E-state index is 13.6. The van der Waals surface area contributed by atoms with Gasteiger partial charge in [0.25, 0.3) is 0 Å². The van der Waals surface area contributed by atoms with Crippen LogP contribution < -0.4 is 23.8 Å². The summed E-state index contributed by atoms with van der Waals surface area (Å²) < 4.78 is 35.1. The molecule has 8 nitrogen and oxygen atoms in total. The van der Waals surface area contributed by atoms with E-state index in [0.29, 0.717) is 22.9 Å². The highest BCUT2D eigenvalue weighted by atomic mass is 19.1. The Morgan fingerprint density at radius 1 is 1.09 bits per heavy atom. The third kappa shape index (κ3) is 4.87. The number of amides is 2. The molecule has 1 atom stereocenters. The fourth-order valence-electron chi connectivity index (χ4n) is 3.62. The van der Waals surface area contributed by atoms with E-state index in [1.165, 1.54) is 43.3 Å². The maximum atomic E-state index is 13.6. The Hall–Kier alpha value is -3.49. The zero-order valence-electron chi connectivity index (χ0n) is 18.6. The molecule has 1 fully saturated rings. The molecule has 2 aromatic carbocycles. The Morgan fingerprint density at radius 3 is 2.34 bits per heavy atom. The number of hydrogen-bond donors (Lipinski definition) is 0. The molecule has 1 saturated heterocycles. The maximum Gasteiger partial charge on any atom is 0.227 e. The second-order valence-electron chi connectivity index (χ2n) is 7.33. The van der Waals surface area contributed by atoms with E-state index in [1.54, 1.807) is 31.3 Å². The van der Waals surface area contributed by atoms with Gasteiger partial charge < -0.3 is 28.7 Å². The van der Waals surface area contributed by atoms with Crippen molar-refractivity contribution in [3.8, 4) is 23.0 Å². The first-order valence-corrected chi connectivity index (χ1v) is 10.1. The van der Waals surface area contributed by atoms with Crippen LogP contribution in [0, 0.1) is 11.7 Å². The lowest BCUT2D eigenvalue weighted by Crippen LogP contribution is -2.37. The first-order valence-electron chi connectivity index (χ1n) is 10.1. The first-order chi connectivity index (χ1) is 15.4. The van der Waals surface area contributed by atoms with Crippen LogP contribution in [0.1, 0.15) is 6.42 Å². The summed E-state index contributed by atoms with van der Waals surface area (Å²) in [5, 5.41) is 0. The highest BCUT2D eigenvalue weighted by Crippen LogP contribution is 2.42. The molecular weight excluding hydrogens is 419 g/mol. The van der Waals surface area contributed by atoms with Crippen LogP contribution in [-0.4, -0.2) is 64.8 Å². The minimum atomic E-state index is -0.500. The third-order valence-electron chi connectivity index (χ3n) is 5.33. The van der Waals surface area contributed by atoms with Gasteiger partial charge in [0.2, 0.25) is 17.6 Å². The van der Waals surface area contributed by atoms with Gasteiger partial charge in [-0.05, 0) is 12.1 Å². The molecule has 0 N–H and O–H groups in total. The minimum absolute atomic E-state index is 0.0913. The van der Waals surface area contributed by atoms with Gasteiger partial charge in [0.05, 0.1) is 39.5 Å². The largest absolute Gasteiger partial charge is 0.493 e. The Labute approximate surface area is 186 Å². The summed E-state index contributed by atoms with van der Waals surface area (Å²) >= 11 is 0. The number of para-hydroxylation sites is 1. The van der Waals surface area contributed by atoms with Crippen LogP contribution in [0.2, 0.25) is 0 Å². The molecular formula is C23H27FN2O6. The average molecular weight is 446 g/mol. The van der Waals surface area contributed by atoms with E-state index in [-0.39, 0.29) is 43.7 Å². The molecule has 0 saturated carbocycles. The van der Waals surface area contributed by atoms with Crippen LogP contribution in [0.3, 0.4) is 0 Å². The van der Waals surface area contributed by atoms with Crippen LogP contribution in [0.5, 0.6) is 23.0 Å². The van der Waals surface area contributed by atoms with Crippen molar-refractivity contribution in [2.45, 2.75) is 6.42 Å². The summed E-state index contributed by atoms with van der Waals surface area (Å²) in [6.45, 7) is 0.636. The second kappa shape index (κ2) is 10.2. The summed E-state index contributed by atoms with van der Waals surface area (Å²) in [6, 6.07) is 9.45. The van der Waals surface area contributed by atoms with Gasteiger partial charge in [0.15, 0.2) is 23.1 Å². The first kappa shape index (κ1) is 23.2. The smallest absolute Gasteiger partial charge is 0.227 e. The zero-order chi connectivity index (χ0) is 23.3. The van der Waals surface area contributed by atoms with Gasteiger partial charge in [-0.2, -0.15) is 0 Å². The number of nitrogens with zero attached hydrogens (tertiary/aromatic N) is 2. The Bertz CT molecular complexity index is 958. The Balaban J connectivity index is 1.64. The van der Waals surface area contributed by atoms with Crippen LogP contribution >= 0.6 is 0 Å². The fraction of sp³-hybridized carbons (Fsp3) is 0.391. The molecule has 0 spiro atoms. The highest BCUT2D eigenvalue weighted by molar-refractivity contribution is 6.00. The van der Waals surface area contributed by atoms with Crippen LogP contribution in [-0.2, 0) is 9.59 Å². The molecule has 1 aliphatic rings. The summed E-state index contributed by atoms with van der Waals surface area (Å²) in [6.07, 6.45) is 0.0913. The number of anilines is 1. The Morgan fingerprint density at radius 2 is 1.75 bits per heavy atom. The fourth-order valence-corrected chi connectivity index (χ4v) is 3.62. The van der Waals surface area contributed by atoms with Gasteiger partial charge in [-0.3, -0.25) is 9.59 Å². The molecule has 0 bridgehead atoms. The number of likely N-dealkylation sites (N-methyl/N-ethyl adjacent to an activating group) is 1. The molecule has 1 heterocycles. The van der Waals surface area contributed by atoms with Crippen LogP contribution in [0.25, 0.3) is 0 Å². The van der Waals surface area contributed by atoms with Gasteiger partial charge in [0.1, 0.15) is 6.61 Å². The number of hydrogen-bond acceptors (Lipinski definition) is 6. The number of halogens is 1. The summed E-state index contributed by atoms with van der Waals surface area (Å²) in [5.74, 6) is 0.104. The van der Waals surface area contributed by atoms with E-state index in [2.05, 4.69) is 0 Å². The molecule has 2 aromatic rings. The zero-order valence-corrected chi connectivity index (χ0v) is 18.6. The predicted octanol–water partition coefficient (Wildman–Crippen LogP) is 2.74. The summed E-state index contributed by atoms with van der Waals surface area (Å²) in [4.78, 5) is 28.6. The average Bonchev–Trinajstić information content (AvgIpc) is 3.20. The van der Waals surface area contributed by atoms with Gasteiger partial charge in [0, 0.05) is 32.1 Å². The van der Waals surface area contributed by atoms with E-state index in [0.717, 1.165) is 0 Å². The van der Waals surface area contributed by atoms with Crippen molar-refractivity contribution in [2.24, 2.45) is 5.92 Å². The summed E-state index contributed by atoms with van der Waals surface area (Å²) in [7, 11) is 6.14. The lowest BCUT2D eigenvalue weighted by Gasteiger charge is -2.22. The minimum Gasteiger partial charge on any atom is -0.493 e. The van der Waals surface area contributed by atoms with Gasteiger partial charge in [-0.1, -0.05) is 12.1 Å². The standard InChI is InChI=1S/C23H27FN2O6/c1-25(9-10-32-18-8-6-5-7-17(18)24)23(28)15-11-21(27)26(14-15)16-12-19(29-2)22(31-4)20(13-16)30-3/h5-8,12-13,15H,9-11,14H2,1-4H3. The number of carbonyl (C=O) groups excluding carboxylic acids is 2. The third-order valence-corrected chi connectivity index (χ3v) is 5.33. The van der Waals surface area contributed by atoms with Gasteiger partial charge >= 0.3 is 0 Å². The van der Waals surface area contributed by atoms with Crippen molar-refractivity contribution in [2.75, 3.05) is 53.0 Å². The van der Waals surface area contributed by atoms with Crippen molar-refractivity contribution in [1.29, 1.82) is 0 Å². The van der Waals surface area contributed by atoms with Crippen molar-refractivity contribution in [1.82, 2.24) is 4.90 Å². The van der Waals surface area contributed by atoms with Crippen molar-refractivity contribution in [3.05, 3.63) is 42.2 Å². The van der Waals surface area contributed by atoms with Gasteiger partial charge in [-0.15, -0.1) is 0 Å². The second-order valence-corrected chi connectivity index (χ2v) is 7.33. The molecule has 9 heteroatoms. The van der Waals surface area contributed by atoms with Crippen molar-refractivity contribution < 1.29 is 32.9 Å². The monoisotopic (exact) mass is 446 g/mol. The molecule has 2 amide bonds. The molecule has 1 unspecified atom stereocenters. The van der Waals surface area contributed by atoms with E-state index in [1.807, 2.05) is 0 Å². The molecule has 3 rings (SSSR count). The quantitative estimate of drug-likeness (QED) is 0.590. The van der Waals surface area contributed by atoms with Crippen LogP contribution in [0.4, 0.5) is 10.1 Å². The van der Waals surface area contributed by atoms with E-state index in [4.69, 9.17) is 18.9 Å². The molecule has 0 radical (unpaired) electrons. The Kier molecular flexibility index (Phi) is 7.40. The van der Waals surface area contributed by atoms with Crippen LogP contribution in [0.15, 0.2) is 36.4 Å². The number of benzene rings is 2. The number of ether oxygens (including phenoxy) is 4. The molecule has 172 valence electrons. The SMILES string of the molecule is COc1cc(N2CC(C(=O)N(C)CCOc3ccccc3F)CC2=O)cc(OC)c1OC. The van der Waals surface area contributed by atoms with E-state index in [9.17, 15) is 14.0 Å². The number of rotatable bonds is 9. The number of methoxy groups -OCH3 is 3. The number of carbonyl (C=O) groups is 2. The summed E-state index contributed by atoms with van der Waals surface area (Å²) in [5.41, 5.74) is 0.560. The van der Waals surface area contributed by atoms with E-state index >= 15 is 0 Å². The van der Waals surface area contributed by atoms with Crippen molar-refractivity contribution in [3.63, 3.8) is 0 Å². The normalized spacial score (nSPS) is 15.5. The molecule has 0 aliphatic carbocycles. The molecule has 1 aliphatic heterocycles. The van der Waals surface area contributed by atoms with Crippen molar-refractivity contribution >= 4 is 17.5 Å². The lowest BCUT2D eigenvalue weighted by atomic mass is 10.1. The highest BCUT2D eigenvalue weighted by Gasteiger charge is 2.37. The molecule has 32 heavy (non-hydrogen) atoms. The lowest BCUT2D eigenvalue weighted by molar-refractivity contribution is -0.134. The topological polar surface area (TPSA) is 77.5 Å². The molecule has 0 aromatic heterocycles. The predicted molar refractivity (Wildman–Crippen MR) is 116 cm³/mol. The van der Waals surface area contributed by atoms with E-state index < -0.39 is 11.7 Å². The van der Waals surface area contributed by atoms with Gasteiger partial charge in [-0.25, -0.2) is 4.39 Å².